The number of hydrogen-bond acceptors (Lipinski definition) is 3. The highest BCUT2D eigenvalue weighted by Gasteiger charge is 2.52. The summed E-state index contributed by atoms with van der Waals surface area (Å²) in [6.45, 7) is 8.40. The van der Waals surface area contributed by atoms with Crippen LogP contribution in [0.3, 0.4) is 0 Å². The van der Waals surface area contributed by atoms with Gasteiger partial charge in [-0.3, -0.25) is 0 Å². The molecule has 7 rings (SSSR count). The van der Waals surface area contributed by atoms with Crippen LogP contribution in [0.15, 0.2) is 89.3 Å². The summed E-state index contributed by atoms with van der Waals surface area (Å²) in [7, 11) is -0.490. The maximum Gasteiger partial charge on any atom is 0.495 e. The van der Waals surface area contributed by atoms with E-state index >= 15 is 0 Å². The van der Waals surface area contributed by atoms with Crippen LogP contribution < -0.4 is 5.46 Å². The normalized spacial score (nSPS) is 17.3. The Morgan fingerprint density at radius 1 is 0.686 bits per heavy atom. The minimum atomic E-state index is -0.490. The van der Waals surface area contributed by atoms with Gasteiger partial charge >= 0.3 is 7.12 Å². The standard InChI is InChI=1S/C30H26BNO3/c1-29(2)30(3,4)35-31(34-29)23-18-22-20-14-9-11-17-25(20)33-28(22)27-26(23)21-15-8-10-16-24(21)32(27)19-12-6-5-7-13-19/h5-18H,1-4H3. The van der Waals surface area contributed by atoms with E-state index in [1.54, 1.807) is 0 Å². The zero-order chi connectivity index (χ0) is 23.9. The second-order valence-electron chi connectivity index (χ2n) is 10.4. The molecule has 0 bridgehead atoms. The third-order valence-electron chi connectivity index (χ3n) is 7.83. The number of rotatable bonds is 2. The van der Waals surface area contributed by atoms with Gasteiger partial charge in [-0.2, -0.15) is 0 Å². The third-order valence-corrected chi connectivity index (χ3v) is 7.83. The third kappa shape index (κ3) is 2.83. The fourth-order valence-electron chi connectivity index (χ4n) is 5.36. The van der Waals surface area contributed by atoms with Gasteiger partial charge in [-0.05, 0) is 63.5 Å². The van der Waals surface area contributed by atoms with Gasteiger partial charge in [0.15, 0.2) is 5.58 Å². The van der Waals surface area contributed by atoms with Crippen LogP contribution in [0.2, 0.25) is 0 Å². The van der Waals surface area contributed by atoms with Crippen LogP contribution in [0.1, 0.15) is 27.7 Å². The molecular weight excluding hydrogens is 433 g/mol. The maximum atomic E-state index is 6.60. The number of furan rings is 1. The van der Waals surface area contributed by atoms with E-state index in [1.807, 2.05) is 18.2 Å². The molecule has 0 spiro atoms. The highest BCUT2D eigenvalue weighted by molar-refractivity contribution is 6.67. The van der Waals surface area contributed by atoms with E-state index < -0.39 is 18.3 Å². The Bertz CT molecular complexity index is 1740. The van der Waals surface area contributed by atoms with Crippen LogP contribution >= 0.6 is 0 Å². The van der Waals surface area contributed by atoms with Crippen LogP contribution in [0.4, 0.5) is 0 Å². The molecule has 0 amide bonds. The summed E-state index contributed by atoms with van der Waals surface area (Å²) in [5, 5.41) is 4.41. The smallest absolute Gasteiger partial charge is 0.454 e. The number of nitrogens with zero attached hydrogens (tertiary/aromatic N) is 1. The quantitative estimate of drug-likeness (QED) is 0.262. The molecular formula is C30H26BNO3. The van der Waals surface area contributed by atoms with Gasteiger partial charge < -0.3 is 18.3 Å². The van der Waals surface area contributed by atoms with Crippen molar-refractivity contribution in [2.75, 3.05) is 0 Å². The van der Waals surface area contributed by atoms with E-state index in [2.05, 4.69) is 99.0 Å². The molecule has 2 aromatic heterocycles. The number of para-hydroxylation sites is 3. The largest absolute Gasteiger partial charge is 0.495 e. The Kier molecular flexibility index (Phi) is 4.16. The van der Waals surface area contributed by atoms with Crippen LogP contribution in [-0.2, 0) is 9.31 Å². The molecule has 1 aliphatic heterocycles. The summed E-state index contributed by atoms with van der Waals surface area (Å²) in [6, 6.07) is 29.5. The number of benzene rings is 4. The summed E-state index contributed by atoms with van der Waals surface area (Å²) < 4.78 is 22.1. The van der Waals surface area contributed by atoms with Crippen molar-refractivity contribution in [1.29, 1.82) is 0 Å². The first-order valence-corrected chi connectivity index (χ1v) is 12.1. The van der Waals surface area contributed by atoms with E-state index in [4.69, 9.17) is 13.7 Å². The minimum Gasteiger partial charge on any atom is -0.454 e. The molecule has 0 saturated carbocycles. The van der Waals surface area contributed by atoms with E-state index in [-0.39, 0.29) is 0 Å². The molecule has 0 radical (unpaired) electrons. The second kappa shape index (κ2) is 7.00. The molecule has 0 aliphatic carbocycles. The number of fused-ring (bicyclic) bond motifs is 7. The number of hydrogen-bond donors (Lipinski definition) is 0. The molecule has 4 nitrogen and oxygen atoms in total. The molecule has 172 valence electrons. The van der Waals surface area contributed by atoms with Gasteiger partial charge in [0.25, 0.3) is 0 Å². The van der Waals surface area contributed by atoms with Gasteiger partial charge in [-0.25, -0.2) is 0 Å². The Balaban J connectivity index is 1.69. The lowest BCUT2D eigenvalue weighted by atomic mass is 9.75. The van der Waals surface area contributed by atoms with Crippen LogP contribution in [0.5, 0.6) is 0 Å². The maximum absolute atomic E-state index is 6.60. The molecule has 1 fully saturated rings. The Hall–Kier alpha value is -3.54. The van der Waals surface area contributed by atoms with Crippen molar-refractivity contribution >= 4 is 56.3 Å². The lowest BCUT2D eigenvalue weighted by molar-refractivity contribution is 0.00578. The fraction of sp³-hybridized carbons (Fsp3) is 0.200. The van der Waals surface area contributed by atoms with Crippen molar-refractivity contribution in [3.05, 3.63) is 84.9 Å². The van der Waals surface area contributed by atoms with Gasteiger partial charge in [-0.15, -0.1) is 0 Å². The predicted molar refractivity (Wildman–Crippen MR) is 144 cm³/mol. The molecule has 1 aliphatic rings. The van der Waals surface area contributed by atoms with Gasteiger partial charge in [0.1, 0.15) is 5.58 Å². The van der Waals surface area contributed by atoms with E-state index in [1.165, 1.54) is 0 Å². The molecule has 35 heavy (non-hydrogen) atoms. The zero-order valence-electron chi connectivity index (χ0n) is 20.3. The highest BCUT2D eigenvalue weighted by Crippen LogP contribution is 2.42. The fourth-order valence-corrected chi connectivity index (χ4v) is 5.36. The minimum absolute atomic E-state index is 0.435. The second-order valence-corrected chi connectivity index (χ2v) is 10.4. The van der Waals surface area contributed by atoms with Crippen molar-refractivity contribution < 1.29 is 13.7 Å². The van der Waals surface area contributed by atoms with Gasteiger partial charge in [0.2, 0.25) is 0 Å². The first-order valence-electron chi connectivity index (χ1n) is 12.1. The summed E-state index contributed by atoms with van der Waals surface area (Å²) in [4.78, 5) is 0. The van der Waals surface area contributed by atoms with Crippen molar-refractivity contribution in [3.8, 4) is 5.69 Å². The first-order chi connectivity index (χ1) is 16.9. The van der Waals surface area contributed by atoms with Crippen molar-refractivity contribution in [3.63, 3.8) is 0 Å². The molecule has 4 aromatic carbocycles. The predicted octanol–water partition coefficient (Wildman–Crippen LogP) is 6.98. The molecule has 3 heterocycles. The lowest BCUT2D eigenvalue weighted by Crippen LogP contribution is -2.41. The Labute approximate surface area is 204 Å². The SMILES string of the molecule is CC1(C)OB(c2cc3c4ccccc4oc3c3c2c2ccccc2n3-c2ccccc2)OC1(C)C. The molecule has 5 heteroatoms. The Morgan fingerprint density at radius 3 is 2.06 bits per heavy atom. The van der Waals surface area contributed by atoms with Crippen LogP contribution in [-0.4, -0.2) is 22.9 Å². The van der Waals surface area contributed by atoms with Gasteiger partial charge in [0.05, 0.1) is 22.2 Å². The molecule has 1 saturated heterocycles. The zero-order valence-corrected chi connectivity index (χ0v) is 20.3. The average molecular weight is 459 g/mol. The van der Waals surface area contributed by atoms with E-state index in [9.17, 15) is 0 Å². The summed E-state index contributed by atoms with van der Waals surface area (Å²) in [5.74, 6) is 0. The highest BCUT2D eigenvalue weighted by atomic mass is 16.7. The topological polar surface area (TPSA) is 36.5 Å². The summed E-state index contributed by atoms with van der Waals surface area (Å²) in [5.41, 5.74) is 5.16. The van der Waals surface area contributed by atoms with Crippen molar-refractivity contribution in [2.24, 2.45) is 0 Å². The van der Waals surface area contributed by atoms with Crippen molar-refractivity contribution in [1.82, 2.24) is 4.57 Å². The van der Waals surface area contributed by atoms with Gasteiger partial charge in [0, 0.05) is 27.2 Å². The lowest BCUT2D eigenvalue weighted by Gasteiger charge is -2.32. The van der Waals surface area contributed by atoms with Gasteiger partial charge in [-0.1, -0.05) is 54.6 Å². The van der Waals surface area contributed by atoms with E-state index in [0.717, 1.165) is 54.9 Å². The molecule has 0 unspecified atom stereocenters. The van der Waals surface area contributed by atoms with Crippen LogP contribution in [0.25, 0.3) is 49.4 Å². The van der Waals surface area contributed by atoms with Crippen LogP contribution in [0, 0.1) is 0 Å². The molecule has 6 aromatic rings. The number of aromatic nitrogens is 1. The van der Waals surface area contributed by atoms with E-state index in [0.29, 0.717) is 0 Å². The van der Waals surface area contributed by atoms with Crippen molar-refractivity contribution in [2.45, 2.75) is 38.9 Å². The first kappa shape index (κ1) is 20.8. The molecule has 0 N–H and O–H groups in total. The summed E-state index contributed by atoms with van der Waals surface area (Å²) >= 11 is 0. The monoisotopic (exact) mass is 459 g/mol. The molecule has 0 atom stereocenters. The summed E-state index contributed by atoms with van der Waals surface area (Å²) in [6.07, 6.45) is 0. The Morgan fingerprint density at radius 2 is 1.31 bits per heavy atom. The average Bonchev–Trinajstić information content (AvgIpc) is 3.46.